The van der Waals surface area contributed by atoms with Gasteiger partial charge in [-0.15, -0.1) is 10.2 Å². The third kappa shape index (κ3) is 3.26. The van der Waals surface area contributed by atoms with E-state index in [4.69, 9.17) is 4.42 Å². The molecule has 5 nitrogen and oxygen atoms in total. The first-order valence-corrected chi connectivity index (χ1v) is 7.06. The lowest BCUT2D eigenvalue weighted by atomic mass is 10.1. The molecule has 1 amide bonds. The van der Waals surface area contributed by atoms with Gasteiger partial charge in [0.25, 0.3) is 5.89 Å². The maximum absolute atomic E-state index is 13.7. The molecule has 1 N–H and O–H groups in total. The van der Waals surface area contributed by atoms with E-state index in [-0.39, 0.29) is 17.3 Å². The lowest BCUT2D eigenvalue weighted by molar-refractivity contribution is 0.0916. The van der Waals surface area contributed by atoms with E-state index in [9.17, 15) is 9.18 Å². The van der Waals surface area contributed by atoms with Crippen molar-refractivity contribution < 1.29 is 13.6 Å². The Morgan fingerprint density at radius 1 is 1.13 bits per heavy atom. The van der Waals surface area contributed by atoms with Crippen molar-refractivity contribution in [2.45, 2.75) is 13.5 Å². The summed E-state index contributed by atoms with van der Waals surface area (Å²) in [6, 6.07) is 13.7. The van der Waals surface area contributed by atoms with Crippen LogP contribution in [0.25, 0.3) is 11.5 Å². The van der Waals surface area contributed by atoms with Gasteiger partial charge >= 0.3 is 11.8 Å². The zero-order valence-electron chi connectivity index (χ0n) is 12.4. The van der Waals surface area contributed by atoms with E-state index < -0.39 is 11.7 Å². The molecule has 0 spiro atoms. The summed E-state index contributed by atoms with van der Waals surface area (Å²) in [6.07, 6.45) is 0. The molecule has 0 saturated carbocycles. The average Bonchev–Trinajstić information content (AvgIpc) is 3.04. The fourth-order valence-corrected chi connectivity index (χ4v) is 2.12. The summed E-state index contributed by atoms with van der Waals surface area (Å²) in [6.45, 7) is 2.31. The second-order valence-corrected chi connectivity index (χ2v) is 5.00. The maximum Gasteiger partial charge on any atom is 0.309 e. The number of nitrogens with one attached hydrogen (secondary N) is 1. The highest BCUT2D eigenvalue weighted by molar-refractivity contribution is 5.89. The fourth-order valence-electron chi connectivity index (χ4n) is 2.12. The van der Waals surface area contributed by atoms with Gasteiger partial charge in [0.2, 0.25) is 0 Å². The van der Waals surface area contributed by atoms with E-state index in [1.165, 1.54) is 12.1 Å². The van der Waals surface area contributed by atoms with Gasteiger partial charge < -0.3 is 9.73 Å². The Labute approximate surface area is 132 Å². The van der Waals surface area contributed by atoms with Gasteiger partial charge in [-0.05, 0) is 30.2 Å². The van der Waals surface area contributed by atoms with Crippen molar-refractivity contribution >= 4 is 5.91 Å². The molecule has 0 aliphatic rings. The van der Waals surface area contributed by atoms with Gasteiger partial charge in [0.1, 0.15) is 5.82 Å². The van der Waals surface area contributed by atoms with Crippen LogP contribution in [-0.4, -0.2) is 16.1 Å². The molecule has 3 aromatic rings. The van der Waals surface area contributed by atoms with E-state index in [2.05, 4.69) is 15.5 Å². The topological polar surface area (TPSA) is 68.0 Å². The fraction of sp³-hybridized carbons (Fsp3) is 0.118. The number of hydrogen-bond donors (Lipinski definition) is 1. The smallest absolute Gasteiger partial charge is 0.309 e. The van der Waals surface area contributed by atoms with Gasteiger partial charge in [0, 0.05) is 6.54 Å². The Morgan fingerprint density at radius 2 is 1.87 bits per heavy atom. The van der Waals surface area contributed by atoms with Gasteiger partial charge in [-0.1, -0.05) is 36.4 Å². The minimum Gasteiger partial charge on any atom is -0.412 e. The first-order valence-electron chi connectivity index (χ1n) is 7.06. The summed E-state index contributed by atoms with van der Waals surface area (Å²) in [7, 11) is 0. The molecule has 0 saturated heterocycles. The predicted molar refractivity (Wildman–Crippen MR) is 82.0 cm³/mol. The van der Waals surface area contributed by atoms with Crippen LogP contribution >= 0.6 is 0 Å². The summed E-state index contributed by atoms with van der Waals surface area (Å²) in [4.78, 5) is 12.1. The van der Waals surface area contributed by atoms with Crippen LogP contribution < -0.4 is 5.32 Å². The van der Waals surface area contributed by atoms with Gasteiger partial charge in [0.05, 0.1) is 5.56 Å². The number of rotatable bonds is 4. The molecule has 0 atom stereocenters. The second kappa shape index (κ2) is 6.39. The highest BCUT2D eigenvalue weighted by atomic mass is 19.1. The Bertz CT molecular complexity index is 845. The molecule has 0 unspecified atom stereocenters. The lowest BCUT2D eigenvalue weighted by Crippen LogP contribution is -2.23. The molecule has 2 aromatic carbocycles. The Morgan fingerprint density at radius 3 is 2.65 bits per heavy atom. The molecule has 0 aliphatic heterocycles. The molecule has 0 fully saturated rings. The number of benzene rings is 2. The standard InChI is InChI=1S/C17H14FN3O2/c1-11-6-2-3-7-12(11)10-19-15(22)17-21-20-16(23-17)13-8-4-5-9-14(13)18/h2-9H,10H2,1H3,(H,19,22). The van der Waals surface area contributed by atoms with Crippen LogP contribution in [0.5, 0.6) is 0 Å². The maximum atomic E-state index is 13.7. The highest BCUT2D eigenvalue weighted by Gasteiger charge is 2.17. The van der Waals surface area contributed by atoms with Crippen molar-refractivity contribution in [1.82, 2.24) is 15.5 Å². The van der Waals surface area contributed by atoms with Crippen LogP contribution in [0, 0.1) is 12.7 Å². The number of halogens is 1. The first kappa shape index (κ1) is 14.9. The molecule has 3 rings (SSSR count). The lowest BCUT2D eigenvalue weighted by Gasteiger charge is -2.05. The third-order valence-corrected chi connectivity index (χ3v) is 3.42. The number of carbonyl (C=O) groups is 1. The number of hydrogen-bond acceptors (Lipinski definition) is 4. The van der Waals surface area contributed by atoms with Gasteiger partial charge in [-0.3, -0.25) is 4.79 Å². The monoisotopic (exact) mass is 311 g/mol. The summed E-state index contributed by atoms with van der Waals surface area (Å²) in [5.74, 6) is -1.20. The van der Waals surface area contributed by atoms with Crippen LogP contribution in [-0.2, 0) is 6.54 Å². The highest BCUT2D eigenvalue weighted by Crippen LogP contribution is 2.20. The minimum atomic E-state index is -0.497. The van der Waals surface area contributed by atoms with Crippen LogP contribution in [0.3, 0.4) is 0 Å². The van der Waals surface area contributed by atoms with E-state index >= 15 is 0 Å². The zero-order chi connectivity index (χ0) is 16.2. The summed E-state index contributed by atoms with van der Waals surface area (Å²) in [5.41, 5.74) is 2.23. The third-order valence-electron chi connectivity index (χ3n) is 3.42. The van der Waals surface area contributed by atoms with E-state index in [1.807, 2.05) is 31.2 Å². The van der Waals surface area contributed by atoms with Crippen LogP contribution in [0.1, 0.15) is 21.8 Å². The molecule has 0 aliphatic carbocycles. The predicted octanol–water partition coefficient (Wildman–Crippen LogP) is 3.11. The van der Waals surface area contributed by atoms with E-state index in [0.717, 1.165) is 11.1 Å². The molecular weight excluding hydrogens is 297 g/mol. The Hall–Kier alpha value is -3.02. The molecule has 23 heavy (non-hydrogen) atoms. The van der Waals surface area contributed by atoms with Gasteiger partial charge in [-0.2, -0.15) is 0 Å². The van der Waals surface area contributed by atoms with Crippen molar-refractivity contribution in [3.05, 3.63) is 71.4 Å². The molecular formula is C17H14FN3O2. The molecule has 0 bridgehead atoms. The second-order valence-electron chi connectivity index (χ2n) is 5.00. The van der Waals surface area contributed by atoms with Crippen LogP contribution in [0.4, 0.5) is 4.39 Å². The number of nitrogens with zero attached hydrogens (tertiary/aromatic N) is 2. The number of amides is 1. The summed E-state index contributed by atoms with van der Waals surface area (Å²) >= 11 is 0. The molecule has 1 heterocycles. The largest absolute Gasteiger partial charge is 0.412 e. The van der Waals surface area contributed by atoms with Crippen molar-refractivity contribution in [3.8, 4) is 11.5 Å². The van der Waals surface area contributed by atoms with Crippen molar-refractivity contribution in [1.29, 1.82) is 0 Å². The van der Waals surface area contributed by atoms with Gasteiger partial charge in [-0.25, -0.2) is 4.39 Å². The van der Waals surface area contributed by atoms with E-state index in [0.29, 0.717) is 6.54 Å². The number of aromatic nitrogens is 2. The Kier molecular flexibility index (Phi) is 4.14. The molecule has 0 radical (unpaired) electrons. The number of carbonyl (C=O) groups excluding carboxylic acids is 1. The number of aryl methyl sites for hydroxylation is 1. The first-order chi connectivity index (χ1) is 11.1. The van der Waals surface area contributed by atoms with Gasteiger partial charge in [0.15, 0.2) is 0 Å². The van der Waals surface area contributed by atoms with Crippen molar-refractivity contribution in [2.75, 3.05) is 0 Å². The van der Waals surface area contributed by atoms with Crippen LogP contribution in [0.2, 0.25) is 0 Å². The van der Waals surface area contributed by atoms with Crippen LogP contribution in [0.15, 0.2) is 52.9 Å². The SMILES string of the molecule is Cc1ccccc1CNC(=O)c1nnc(-c2ccccc2F)o1. The van der Waals surface area contributed by atoms with Crippen molar-refractivity contribution in [3.63, 3.8) is 0 Å². The normalized spacial score (nSPS) is 10.5. The zero-order valence-corrected chi connectivity index (χ0v) is 12.4. The van der Waals surface area contributed by atoms with E-state index in [1.54, 1.807) is 12.1 Å². The summed E-state index contributed by atoms with van der Waals surface area (Å²) in [5, 5.41) is 10.1. The molecule has 116 valence electrons. The molecule has 6 heteroatoms. The Balaban J connectivity index is 1.72. The summed E-state index contributed by atoms with van der Waals surface area (Å²) < 4.78 is 18.9. The minimum absolute atomic E-state index is 0.0239. The average molecular weight is 311 g/mol. The molecule has 1 aromatic heterocycles. The quantitative estimate of drug-likeness (QED) is 0.804. The van der Waals surface area contributed by atoms with Crippen molar-refractivity contribution in [2.24, 2.45) is 0 Å².